The lowest BCUT2D eigenvalue weighted by molar-refractivity contribution is -0.139. The predicted molar refractivity (Wildman–Crippen MR) is 55.3 cm³/mol. The van der Waals surface area contributed by atoms with E-state index in [4.69, 9.17) is 16.4 Å². The van der Waals surface area contributed by atoms with Crippen LogP contribution < -0.4 is 17.1 Å². The Balaban J connectivity index is 2.50. The molecule has 1 aromatic rings. The van der Waals surface area contributed by atoms with Gasteiger partial charge in [0.25, 0.3) is 5.95 Å². The SMILES string of the molecule is CCOC(=O)CSc1nnc(NN)n1N. The summed E-state index contributed by atoms with van der Waals surface area (Å²) in [6, 6.07) is 0. The number of ether oxygens (including phenoxy) is 1. The first-order chi connectivity index (χ1) is 7.19. The normalized spacial score (nSPS) is 10.0. The van der Waals surface area contributed by atoms with Crippen LogP contribution in [0.25, 0.3) is 0 Å². The molecule has 0 aromatic carbocycles. The first-order valence-electron chi connectivity index (χ1n) is 4.14. The molecule has 9 heteroatoms. The number of hydrogen-bond acceptors (Lipinski definition) is 8. The zero-order valence-corrected chi connectivity index (χ0v) is 8.95. The summed E-state index contributed by atoms with van der Waals surface area (Å²) in [7, 11) is 0. The number of nitrogens with two attached hydrogens (primary N) is 2. The molecule has 0 aliphatic rings. The van der Waals surface area contributed by atoms with E-state index in [1.807, 2.05) is 0 Å². The van der Waals surface area contributed by atoms with Crippen LogP contribution in [0.3, 0.4) is 0 Å². The van der Waals surface area contributed by atoms with Crippen LogP contribution in [-0.4, -0.2) is 33.2 Å². The molecule has 0 saturated heterocycles. The monoisotopic (exact) mass is 232 g/mol. The molecule has 0 aliphatic carbocycles. The summed E-state index contributed by atoms with van der Waals surface area (Å²) in [5.41, 5.74) is 2.26. The van der Waals surface area contributed by atoms with Gasteiger partial charge in [0.1, 0.15) is 0 Å². The zero-order chi connectivity index (χ0) is 11.3. The van der Waals surface area contributed by atoms with Crippen molar-refractivity contribution in [3.8, 4) is 0 Å². The fourth-order valence-electron chi connectivity index (χ4n) is 0.800. The highest BCUT2D eigenvalue weighted by molar-refractivity contribution is 7.99. The molecular formula is C6H12N6O2S. The van der Waals surface area contributed by atoms with Gasteiger partial charge in [0, 0.05) is 0 Å². The van der Waals surface area contributed by atoms with E-state index in [-0.39, 0.29) is 17.7 Å². The summed E-state index contributed by atoms with van der Waals surface area (Å²) in [6.07, 6.45) is 0. The van der Waals surface area contributed by atoms with Crippen molar-refractivity contribution in [1.29, 1.82) is 0 Å². The number of carbonyl (C=O) groups is 1. The molecular weight excluding hydrogens is 220 g/mol. The molecule has 0 bridgehead atoms. The van der Waals surface area contributed by atoms with Gasteiger partial charge in [-0.1, -0.05) is 11.8 Å². The van der Waals surface area contributed by atoms with Crippen LogP contribution in [0.2, 0.25) is 0 Å². The molecule has 0 fully saturated rings. The Bertz CT molecular complexity index is 340. The summed E-state index contributed by atoms with van der Waals surface area (Å²) in [4.78, 5) is 11.0. The second-order valence-corrected chi connectivity index (χ2v) is 3.36. The third-order valence-electron chi connectivity index (χ3n) is 1.42. The molecule has 1 aromatic heterocycles. The largest absolute Gasteiger partial charge is 0.465 e. The molecule has 0 unspecified atom stereocenters. The van der Waals surface area contributed by atoms with Crippen molar-refractivity contribution in [3.05, 3.63) is 0 Å². The number of anilines is 1. The van der Waals surface area contributed by atoms with E-state index in [1.54, 1.807) is 6.92 Å². The average Bonchev–Trinajstić information content (AvgIpc) is 2.57. The van der Waals surface area contributed by atoms with Gasteiger partial charge in [-0.3, -0.25) is 10.2 Å². The Kier molecular flexibility index (Phi) is 4.18. The summed E-state index contributed by atoms with van der Waals surface area (Å²) in [5.74, 6) is 10.7. The topological polar surface area (TPSA) is 121 Å². The molecule has 1 rings (SSSR count). The predicted octanol–water partition coefficient (Wildman–Crippen LogP) is -1.07. The number of aromatic nitrogens is 3. The third-order valence-corrected chi connectivity index (χ3v) is 2.33. The summed E-state index contributed by atoms with van der Waals surface area (Å²) < 4.78 is 5.89. The molecule has 0 spiro atoms. The Morgan fingerprint density at radius 2 is 2.40 bits per heavy atom. The number of nitrogens with one attached hydrogen (secondary N) is 1. The molecule has 0 atom stereocenters. The van der Waals surface area contributed by atoms with Crippen LogP contribution >= 0.6 is 11.8 Å². The van der Waals surface area contributed by atoms with Crippen molar-refractivity contribution in [2.24, 2.45) is 5.84 Å². The number of esters is 1. The first-order valence-corrected chi connectivity index (χ1v) is 5.13. The number of nitrogen functional groups attached to an aromatic ring is 2. The molecule has 0 amide bonds. The van der Waals surface area contributed by atoms with Gasteiger partial charge in [0.05, 0.1) is 12.4 Å². The minimum Gasteiger partial charge on any atom is -0.465 e. The maximum atomic E-state index is 11.0. The number of carbonyl (C=O) groups excluding carboxylic acids is 1. The first kappa shape index (κ1) is 11.6. The molecule has 0 radical (unpaired) electrons. The Morgan fingerprint density at radius 1 is 1.67 bits per heavy atom. The Morgan fingerprint density at radius 3 is 2.93 bits per heavy atom. The van der Waals surface area contributed by atoms with E-state index in [0.29, 0.717) is 11.8 Å². The van der Waals surface area contributed by atoms with Gasteiger partial charge in [-0.05, 0) is 6.92 Å². The molecule has 0 saturated carbocycles. The van der Waals surface area contributed by atoms with Crippen LogP contribution in [0.1, 0.15) is 6.92 Å². The molecule has 8 nitrogen and oxygen atoms in total. The van der Waals surface area contributed by atoms with Crippen molar-refractivity contribution in [1.82, 2.24) is 14.9 Å². The minimum atomic E-state index is -0.326. The van der Waals surface area contributed by atoms with Crippen molar-refractivity contribution in [3.63, 3.8) is 0 Å². The van der Waals surface area contributed by atoms with Gasteiger partial charge in [0.2, 0.25) is 5.16 Å². The summed E-state index contributed by atoms with van der Waals surface area (Å²) in [5, 5.41) is 7.74. The van der Waals surface area contributed by atoms with Crippen LogP contribution in [-0.2, 0) is 9.53 Å². The maximum absolute atomic E-state index is 11.0. The highest BCUT2D eigenvalue weighted by Gasteiger charge is 2.11. The van der Waals surface area contributed by atoms with E-state index in [9.17, 15) is 4.79 Å². The molecule has 5 N–H and O–H groups in total. The van der Waals surface area contributed by atoms with Crippen molar-refractivity contribution < 1.29 is 9.53 Å². The van der Waals surface area contributed by atoms with E-state index in [0.717, 1.165) is 16.4 Å². The van der Waals surface area contributed by atoms with Crippen molar-refractivity contribution >= 4 is 23.7 Å². The Hall–Kier alpha value is -1.48. The molecule has 1 heterocycles. The maximum Gasteiger partial charge on any atom is 0.316 e. The summed E-state index contributed by atoms with van der Waals surface area (Å²) >= 11 is 1.13. The van der Waals surface area contributed by atoms with E-state index < -0.39 is 0 Å². The quantitative estimate of drug-likeness (QED) is 0.254. The van der Waals surface area contributed by atoms with Gasteiger partial charge >= 0.3 is 5.97 Å². The van der Waals surface area contributed by atoms with Gasteiger partial charge in [-0.2, -0.15) is 0 Å². The smallest absolute Gasteiger partial charge is 0.316 e. The van der Waals surface area contributed by atoms with Gasteiger partial charge in [0.15, 0.2) is 0 Å². The van der Waals surface area contributed by atoms with Gasteiger partial charge < -0.3 is 10.6 Å². The number of hydrogen-bond donors (Lipinski definition) is 3. The number of nitrogens with zero attached hydrogens (tertiary/aromatic N) is 3. The fourth-order valence-corrected chi connectivity index (χ4v) is 1.45. The zero-order valence-electron chi connectivity index (χ0n) is 8.14. The highest BCUT2D eigenvalue weighted by atomic mass is 32.2. The van der Waals surface area contributed by atoms with Crippen LogP contribution in [0, 0.1) is 0 Å². The van der Waals surface area contributed by atoms with Gasteiger partial charge in [-0.15, -0.1) is 10.2 Å². The lowest BCUT2D eigenvalue weighted by Crippen LogP contribution is -2.19. The van der Waals surface area contributed by atoms with Crippen LogP contribution in [0.15, 0.2) is 5.16 Å². The Labute approximate surface area is 90.3 Å². The summed E-state index contributed by atoms with van der Waals surface area (Å²) in [6.45, 7) is 2.09. The lowest BCUT2D eigenvalue weighted by Gasteiger charge is -2.02. The fraction of sp³-hybridized carbons (Fsp3) is 0.500. The van der Waals surface area contributed by atoms with Crippen LogP contribution in [0.5, 0.6) is 0 Å². The lowest BCUT2D eigenvalue weighted by atomic mass is 10.8. The van der Waals surface area contributed by atoms with Gasteiger partial charge in [-0.25, -0.2) is 10.5 Å². The van der Waals surface area contributed by atoms with Crippen molar-refractivity contribution in [2.45, 2.75) is 12.1 Å². The van der Waals surface area contributed by atoms with Crippen molar-refractivity contribution in [2.75, 3.05) is 23.6 Å². The molecule has 15 heavy (non-hydrogen) atoms. The second-order valence-electron chi connectivity index (χ2n) is 2.41. The van der Waals surface area contributed by atoms with E-state index >= 15 is 0 Å². The number of thioether (sulfide) groups is 1. The molecule has 0 aliphatic heterocycles. The average molecular weight is 232 g/mol. The molecule has 84 valence electrons. The van der Waals surface area contributed by atoms with E-state index in [2.05, 4.69) is 15.6 Å². The number of rotatable bonds is 5. The van der Waals surface area contributed by atoms with Crippen LogP contribution in [0.4, 0.5) is 5.95 Å². The minimum absolute atomic E-state index is 0.133. The second kappa shape index (κ2) is 5.41. The number of hydrazine groups is 1. The standard InChI is InChI=1S/C6H12N6O2S/c1-2-14-4(13)3-15-6-11-10-5(9-7)12(6)8/h2-3,7-8H2,1H3,(H,9,10). The highest BCUT2D eigenvalue weighted by Crippen LogP contribution is 2.15. The third kappa shape index (κ3) is 2.99. The van der Waals surface area contributed by atoms with E-state index in [1.165, 1.54) is 0 Å².